The van der Waals surface area contributed by atoms with E-state index in [2.05, 4.69) is 11.0 Å². The Morgan fingerprint density at radius 1 is 1.23 bits per heavy atom. The standard InChI is InChI=1S/C15H22N4O2S/c16-11-12-2-3-15(14(17)10-12)18-7-4-13(5-8-18)19-6-1-9-22(19,20)21/h2-3,10,13,20-21H,1,4-9,17H2. The molecule has 0 aromatic heterocycles. The number of hydrogen-bond acceptors (Lipinski definition) is 6. The quantitative estimate of drug-likeness (QED) is 0.724. The first-order valence-electron chi connectivity index (χ1n) is 7.58. The largest absolute Gasteiger partial charge is 0.397 e. The lowest BCUT2D eigenvalue weighted by Crippen LogP contribution is -2.44. The van der Waals surface area contributed by atoms with Crippen LogP contribution in [0.4, 0.5) is 11.4 Å². The molecule has 1 aromatic rings. The molecule has 22 heavy (non-hydrogen) atoms. The Morgan fingerprint density at radius 2 is 1.95 bits per heavy atom. The van der Waals surface area contributed by atoms with Crippen molar-refractivity contribution in [1.82, 2.24) is 4.31 Å². The van der Waals surface area contributed by atoms with E-state index < -0.39 is 10.8 Å². The summed E-state index contributed by atoms with van der Waals surface area (Å²) in [6.45, 7) is 2.46. The molecule has 2 fully saturated rings. The van der Waals surface area contributed by atoms with Gasteiger partial charge in [0.2, 0.25) is 0 Å². The molecule has 4 N–H and O–H groups in total. The molecule has 1 aromatic carbocycles. The number of nitriles is 1. The molecule has 2 saturated heterocycles. The third-order valence-electron chi connectivity index (χ3n) is 4.54. The van der Waals surface area contributed by atoms with Gasteiger partial charge in [-0.05, 0) is 37.5 Å². The first-order valence-corrected chi connectivity index (χ1v) is 9.26. The molecule has 2 aliphatic rings. The summed E-state index contributed by atoms with van der Waals surface area (Å²) in [6, 6.07) is 7.73. The number of hydrogen-bond donors (Lipinski definition) is 3. The first kappa shape index (κ1) is 15.4. The fourth-order valence-electron chi connectivity index (χ4n) is 3.41. The van der Waals surface area contributed by atoms with E-state index in [-0.39, 0.29) is 6.04 Å². The molecule has 120 valence electrons. The van der Waals surface area contributed by atoms with Crippen LogP contribution in [0, 0.1) is 11.3 Å². The predicted octanol–water partition coefficient (Wildman–Crippen LogP) is 2.48. The molecule has 2 heterocycles. The van der Waals surface area contributed by atoms with Gasteiger partial charge in [-0.2, -0.15) is 5.26 Å². The number of rotatable bonds is 2. The van der Waals surface area contributed by atoms with E-state index in [1.165, 1.54) is 0 Å². The highest BCUT2D eigenvalue weighted by Gasteiger charge is 2.36. The van der Waals surface area contributed by atoms with Gasteiger partial charge in [-0.1, -0.05) is 0 Å². The third kappa shape index (κ3) is 2.88. The minimum Gasteiger partial charge on any atom is -0.397 e. The van der Waals surface area contributed by atoms with E-state index in [0.29, 0.717) is 17.0 Å². The summed E-state index contributed by atoms with van der Waals surface area (Å²) in [5.41, 5.74) is 8.21. The number of nitrogens with zero attached hydrogens (tertiary/aromatic N) is 3. The van der Waals surface area contributed by atoms with E-state index in [0.717, 1.165) is 44.6 Å². The van der Waals surface area contributed by atoms with Gasteiger partial charge in [0.15, 0.2) is 0 Å². The minimum absolute atomic E-state index is 0.239. The van der Waals surface area contributed by atoms with Crippen molar-refractivity contribution in [2.24, 2.45) is 0 Å². The van der Waals surface area contributed by atoms with Crippen molar-refractivity contribution >= 4 is 22.2 Å². The summed E-state index contributed by atoms with van der Waals surface area (Å²) in [6.07, 6.45) is 2.66. The number of piperidine rings is 1. The van der Waals surface area contributed by atoms with Crippen molar-refractivity contribution in [3.63, 3.8) is 0 Å². The summed E-state index contributed by atoms with van der Waals surface area (Å²) in [4.78, 5) is 2.22. The molecule has 0 spiro atoms. The Bertz CT molecular complexity index is 594. The van der Waals surface area contributed by atoms with Gasteiger partial charge in [0, 0.05) is 25.7 Å². The summed E-state index contributed by atoms with van der Waals surface area (Å²) in [5.74, 6) is 0.510. The highest BCUT2D eigenvalue weighted by atomic mass is 32.3. The van der Waals surface area contributed by atoms with Gasteiger partial charge in [-0.3, -0.25) is 9.11 Å². The summed E-state index contributed by atoms with van der Waals surface area (Å²) in [5, 5.41) is 8.90. The average Bonchev–Trinajstić information content (AvgIpc) is 2.87. The molecule has 0 saturated carbocycles. The fourth-order valence-corrected chi connectivity index (χ4v) is 5.27. The predicted molar refractivity (Wildman–Crippen MR) is 89.8 cm³/mol. The second-order valence-corrected chi connectivity index (χ2v) is 8.08. The van der Waals surface area contributed by atoms with Crippen molar-refractivity contribution in [2.45, 2.75) is 25.3 Å². The molecule has 0 unspecified atom stereocenters. The van der Waals surface area contributed by atoms with Gasteiger partial charge in [-0.25, -0.2) is 4.31 Å². The number of benzene rings is 1. The van der Waals surface area contributed by atoms with Gasteiger partial charge >= 0.3 is 0 Å². The second-order valence-electron chi connectivity index (χ2n) is 5.93. The molecule has 0 amide bonds. The molecular weight excluding hydrogens is 300 g/mol. The summed E-state index contributed by atoms with van der Waals surface area (Å²) < 4.78 is 22.1. The Morgan fingerprint density at radius 3 is 2.50 bits per heavy atom. The lowest BCUT2D eigenvalue weighted by molar-refractivity contribution is 0.267. The lowest BCUT2D eigenvalue weighted by atomic mass is 10.0. The van der Waals surface area contributed by atoms with Crippen molar-refractivity contribution in [2.75, 3.05) is 36.0 Å². The average molecular weight is 322 g/mol. The maximum Gasteiger partial charge on any atom is 0.0992 e. The summed E-state index contributed by atoms with van der Waals surface area (Å²) >= 11 is 0. The molecule has 0 atom stereocenters. The van der Waals surface area contributed by atoms with Crippen LogP contribution in [-0.2, 0) is 0 Å². The van der Waals surface area contributed by atoms with Crippen molar-refractivity contribution in [3.05, 3.63) is 23.8 Å². The first-order chi connectivity index (χ1) is 10.5. The van der Waals surface area contributed by atoms with Crippen molar-refractivity contribution < 1.29 is 9.11 Å². The van der Waals surface area contributed by atoms with Crippen molar-refractivity contribution in [3.8, 4) is 6.07 Å². The Hall–Kier alpha value is -1.46. The van der Waals surface area contributed by atoms with Gasteiger partial charge in [0.25, 0.3) is 0 Å². The zero-order chi connectivity index (χ0) is 15.7. The van der Waals surface area contributed by atoms with Crippen LogP contribution in [0.15, 0.2) is 18.2 Å². The normalized spacial score (nSPS) is 24.1. The minimum atomic E-state index is -2.53. The monoisotopic (exact) mass is 322 g/mol. The van der Waals surface area contributed by atoms with Gasteiger partial charge in [-0.15, -0.1) is 10.8 Å². The number of nitrogens with two attached hydrogens (primary N) is 1. The molecule has 0 radical (unpaired) electrons. The van der Waals surface area contributed by atoms with E-state index in [1.807, 2.05) is 10.4 Å². The van der Waals surface area contributed by atoms with E-state index in [9.17, 15) is 9.11 Å². The second kappa shape index (κ2) is 5.97. The topological polar surface area (TPSA) is 96.8 Å². The Balaban J connectivity index is 1.66. The number of nitrogen functional groups attached to an aromatic ring is 1. The molecule has 7 heteroatoms. The maximum atomic E-state index is 10.1. The van der Waals surface area contributed by atoms with Crippen LogP contribution in [0.1, 0.15) is 24.8 Å². The van der Waals surface area contributed by atoms with Crippen LogP contribution in [0.5, 0.6) is 0 Å². The number of anilines is 2. The fraction of sp³-hybridized carbons (Fsp3) is 0.533. The molecule has 2 aliphatic heterocycles. The van der Waals surface area contributed by atoms with Crippen LogP contribution in [0.3, 0.4) is 0 Å². The van der Waals surface area contributed by atoms with Crippen LogP contribution in [0.2, 0.25) is 0 Å². The van der Waals surface area contributed by atoms with Gasteiger partial charge in [0.05, 0.1) is 28.8 Å². The molecule has 3 rings (SSSR count). The smallest absolute Gasteiger partial charge is 0.0992 e. The van der Waals surface area contributed by atoms with Gasteiger partial charge < -0.3 is 10.6 Å². The highest BCUT2D eigenvalue weighted by Crippen LogP contribution is 2.51. The van der Waals surface area contributed by atoms with Crippen LogP contribution in [-0.4, -0.2) is 44.8 Å². The Kier molecular flexibility index (Phi) is 4.19. The highest BCUT2D eigenvalue weighted by molar-refractivity contribution is 8.22. The van der Waals surface area contributed by atoms with Crippen LogP contribution >= 0.6 is 10.8 Å². The van der Waals surface area contributed by atoms with Gasteiger partial charge in [0.1, 0.15) is 0 Å². The lowest BCUT2D eigenvalue weighted by Gasteiger charge is -2.45. The van der Waals surface area contributed by atoms with E-state index in [4.69, 9.17) is 11.0 Å². The maximum absolute atomic E-state index is 10.1. The van der Waals surface area contributed by atoms with Crippen LogP contribution < -0.4 is 10.6 Å². The Labute approximate surface area is 132 Å². The molecular formula is C15H22N4O2S. The molecule has 0 aliphatic carbocycles. The zero-order valence-corrected chi connectivity index (χ0v) is 13.3. The summed E-state index contributed by atoms with van der Waals surface area (Å²) in [7, 11) is -2.53. The van der Waals surface area contributed by atoms with Crippen molar-refractivity contribution in [1.29, 1.82) is 5.26 Å². The van der Waals surface area contributed by atoms with E-state index in [1.54, 1.807) is 12.1 Å². The van der Waals surface area contributed by atoms with Crippen LogP contribution in [0.25, 0.3) is 0 Å². The SMILES string of the molecule is N#Cc1ccc(N2CCC(N3CCCS3(O)O)CC2)c(N)c1. The third-order valence-corrected chi connectivity index (χ3v) is 6.61. The zero-order valence-electron chi connectivity index (χ0n) is 12.5. The molecule has 6 nitrogen and oxygen atoms in total. The molecule has 0 bridgehead atoms. The van der Waals surface area contributed by atoms with E-state index >= 15 is 0 Å².